The number of esters is 1. The van der Waals surface area contributed by atoms with E-state index in [0.717, 1.165) is 18.4 Å². The van der Waals surface area contributed by atoms with Crippen LogP contribution in [0.1, 0.15) is 54.9 Å². The highest BCUT2D eigenvalue weighted by Crippen LogP contribution is 2.28. The molecule has 29 heavy (non-hydrogen) atoms. The van der Waals surface area contributed by atoms with E-state index in [1.807, 2.05) is 50.2 Å². The van der Waals surface area contributed by atoms with E-state index in [1.165, 1.54) is 0 Å². The molecule has 1 heterocycles. The Labute approximate surface area is 171 Å². The zero-order valence-electron chi connectivity index (χ0n) is 17.0. The van der Waals surface area contributed by atoms with Gasteiger partial charge in [-0.25, -0.2) is 0 Å². The van der Waals surface area contributed by atoms with Crippen molar-refractivity contribution in [2.45, 2.75) is 39.0 Å². The van der Waals surface area contributed by atoms with Crippen LogP contribution >= 0.6 is 0 Å². The lowest BCUT2D eigenvalue weighted by Crippen LogP contribution is -2.25. The summed E-state index contributed by atoms with van der Waals surface area (Å²) >= 11 is 0. The molecule has 0 saturated carbocycles. The predicted molar refractivity (Wildman–Crippen MR) is 112 cm³/mol. The minimum absolute atomic E-state index is 0.0697. The average molecular weight is 393 g/mol. The SMILES string of the molecule is CC[C@@H](C)[C@H](C(=O)OCC(=O)c1cccc(N2CCCC2=O)c1)c1ccccc1. The summed E-state index contributed by atoms with van der Waals surface area (Å²) in [6.07, 6.45) is 2.19. The van der Waals surface area contributed by atoms with Gasteiger partial charge < -0.3 is 9.64 Å². The molecule has 1 fully saturated rings. The summed E-state index contributed by atoms with van der Waals surface area (Å²) in [5.41, 5.74) is 2.05. The quantitative estimate of drug-likeness (QED) is 0.493. The van der Waals surface area contributed by atoms with Gasteiger partial charge in [0.2, 0.25) is 5.91 Å². The van der Waals surface area contributed by atoms with Crippen LogP contribution in [-0.4, -0.2) is 30.8 Å². The molecule has 0 spiro atoms. The van der Waals surface area contributed by atoms with Gasteiger partial charge in [0.05, 0.1) is 5.92 Å². The average Bonchev–Trinajstić information content (AvgIpc) is 3.18. The minimum Gasteiger partial charge on any atom is -0.457 e. The maximum absolute atomic E-state index is 12.8. The van der Waals surface area contributed by atoms with Crippen molar-refractivity contribution in [2.75, 3.05) is 18.1 Å². The van der Waals surface area contributed by atoms with Gasteiger partial charge in [0.25, 0.3) is 0 Å². The summed E-state index contributed by atoms with van der Waals surface area (Å²) < 4.78 is 5.42. The summed E-state index contributed by atoms with van der Waals surface area (Å²) in [7, 11) is 0. The van der Waals surface area contributed by atoms with E-state index in [4.69, 9.17) is 4.74 Å². The molecule has 3 rings (SSSR count). The van der Waals surface area contributed by atoms with Crippen molar-refractivity contribution in [1.29, 1.82) is 0 Å². The monoisotopic (exact) mass is 393 g/mol. The van der Waals surface area contributed by atoms with Gasteiger partial charge >= 0.3 is 5.97 Å². The van der Waals surface area contributed by atoms with Crippen LogP contribution in [0.3, 0.4) is 0 Å². The summed E-state index contributed by atoms with van der Waals surface area (Å²) in [5.74, 6) is -0.889. The first-order valence-electron chi connectivity index (χ1n) is 10.2. The first-order valence-corrected chi connectivity index (χ1v) is 10.2. The van der Waals surface area contributed by atoms with Gasteiger partial charge in [0.15, 0.2) is 12.4 Å². The molecule has 152 valence electrons. The number of anilines is 1. The van der Waals surface area contributed by atoms with E-state index < -0.39 is 5.92 Å². The molecule has 5 nitrogen and oxygen atoms in total. The summed E-state index contributed by atoms with van der Waals surface area (Å²) in [5, 5.41) is 0. The highest BCUT2D eigenvalue weighted by molar-refractivity contribution is 6.01. The number of rotatable bonds is 8. The first kappa shape index (κ1) is 20.8. The minimum atomic E-state index is -0.400. The van der Waals surface area contributed by atoms with Crippen LogP contribution < -0.4 is 4.90 Å². The summed E-state index contributed by atoms with van der Waals surface area (Å²) in [6, 6.07) is 16.5. The van der Waals surface area contributed by atoms with Crippen LogP contribution in [0.15, 0.2) is 54.6 Å². The van der Waals surface area contributed by atoms with E-state index in [1.54, 1.807) is 23.1 Å². The van der Waals surface area contributed by atoms with Gasteiger partial charge in [-0.3, -0.25) is 14.4 Å². The number of carbonyl (C=O) groups is 3. The smallest absolute Gasteiger partial charge is 0.314 e. The third kappa shape index (κ3) is 4.91. The Morgan fingerprint density at radius 2 is 1.86 bits per heavy atom. The second-order valence-corrected chi connectivity index (χ2v) is 7.50. The Hall–Kier alpha value is -2.95. The van der Waals surface area contributed by atoms with Crippen molar-refractivity contribution in [1.82, 2.24) is 0 Å². The number of amides is 1. The number of nitrogens with zero attached hydrogens (tertiary/aromatic N) is 1. The predicted octanol–water partition coefficient (Wildman–Crippen LogP) is 4.37. The van der Waals surface area contributed by atoms with Gasteiger partial charge in [0, 0.05) is 24.2 Å². The van der Waals surface area contributed by atoms with Crippen LogP contribution in [0.25, 0.3) is 0 Å². The van der Waals surface area contributed by atoms with Gasteiger partial charge in [-0.1, -0.05) is 62.7 Å². The van der Waals surface area contributed by atoms with Crippen LogP contribution in [0.2, 0.25) is 0 Å². The van der Waals surface area contributed by atoms with E-state index in [2.05, 4.69) is 0 Å². The second-order valence-electron chi connectivity index (χ2n) is 7.50. The second kappa shape index (κ2) is 9.50. The van der Waals surface area contributed by atoms with Gasteiger partial charge in [0.1, 0.15) is 0 Å². The normalized spacial score (nSPS) is 15.8. The van der Waals surface area contributed by atoms with E-state index in [-0.39, 0.29) is 30.2 Å². The topological polar surface area (TPSA) is 63.7 Å². The number of ether oxygens (including phenoxy) is 1. The lowest BCUT2D eigenvalue weighted by molar-refractivity contribution is -0.145. The first-order chi connectivity index (χ1) is 14.0. The highest BCUT2D eigenvalue weighted by atomic mass is 16.5. The standard InChI is InChI=1S/C24H27NO4/c1-3-17(2)23(18-9-5-4-6-10-18)24(28)29-16-21(26)19-11-7-12-20(15-19)25-14-8-13-22(25)27/h4-7,9-12,15,17,23H,3,8,13-14,16H2,1-2H3/t17-,23+/m1/s1. The zero-order valence-corrected chi connectivity index (χ0v) is 17.0. The number of benzene rings is 2. The molecule has 1 aliphatic heterocycles. The number of ketones is 1. The van der Waals surface area contributed by atoms with Crippen LogP contribution in [0, 0.1) is 5.92 Å². The maximum atomic E-state index is 12.8. The van der Waals surface area contributed by atoms with Crippen LogP contribution in [0.4, 0.5) is 5.69 Å². The van der Waals surface area contributed by atoms with Crippen molar-refractivity contribution in [3.63, 3.8) is 0 Å². The molecule has 2 aromatic carbocycles. The fourth-order valence-corrected chi connectivity index (χ4v) is 3.67. The van der Waals surface area contributed by atoms with Gasteiger partial charge in [-0.05, 0) is 30.0 Å². The molecular formula is C24H27NO4. The van der Waals surface area contributed by atoms with Crippen LogP contribution in [-0.2, 0) is 14.3 Å². The zero-order chi connectivity index (χ0) is 20.8. The Bertz CT molecular complexity index is 877. The molecule has 5 heteroatoms. The molecule has 2 atom stereocenters. The third-order valence-corrected chi connectivity index (χ3v) is 5.52. The van der Waals surface area contributed by atoms with Crippen molar-refractivity contribution >= 4 is 23.3 Å². The largest absolute Gasteiger partial charge is 0.457 e. The van der Waals surface area contributed by atoms with Crippen molar-refractivity contribution in [3.05, 3.63) is 65.7 Å². The summed E-state index contributed by atoms with van der Waals surface area (Å²) in [4.78, 5) is 39.0. The lowest BCUT2D eigenvalue weighted by atomic mass is 9.85. The Balaban J connectivity index is 1.68. The summed E-state index contributed by atoms with van der Waals surface area (Å²) in [6.45, 7) is 4.40. The van der Waals surface area contributed by atoms with Gasteiger partial charge in [-0.2, -0.15) is 0 Å². The molecule has 1 amide bonds. The van der Waals surface area contributed by atoms with E-state index in [9.17, 15) is 14.4 Å². The molecule has 0 radical (unpaired) electrons. The third-order valence-electron chi connectivity index (χ3n) is 5.52. The number of hydrogen-bond donors (Lipinski definition) is 0. The van der Waals surface area contributed by atoms with E-state index >= 15 is 0 Å². The van der Waals surface area contributed by atoms with E-state index in [0.29, 0.717) is 24.2 Å². The highest BCUT2D eigenvalue weighted by Gasteiger charge is 2.28. The molecule has 0 unspecified atom stereocenters. The maximum Gasteiger partial charge on any atom is 0.314 e. The molecule has 1 saturated heterocycles. The number of carbonyl (C=O) groups excluding carboxylic acids is 3. The van der Waals surface area contributed by atoms with Crippen LogP contribution in [0.5, 0.6) is 0 Å². The Kier molecular flexibility index (Phi) is 6.81. The molecule has 2 aromatic rings. The molecule has 0 aliphatic carbocycles. The fourth-order valence-electron chi connectivity index (χ4n) is 3.67. The molecular weight excluding hydrogens is 366 g/mol. The Morgan fingerprint density at radius 3 is 2.52 bits per heavy atom. The molecule has 0 aromatic heterocycles. The molecule has 0 N–H and O–H groups in total. The van der Waals surface area contributed by atoms with Crippen molar-refractivity contribution in [3.8, 4) is 0 Å². The fraction of sp³-hybridized carbons (Fsp3) is 0.375. The number of Topliss-reactive ketones (excluding diaryl/α,β-unsaturated/α-hetero) is 1. The lowest BCUT2D eigenvalue weighted by Gasteiger charge is -2.22. The van der Waals surface area contributed by atoms with Crippen molar-refractivity contribution < 1.29 is 19.1 Å². The van der Waals surface area contributed by atoms with Crippen molar-refractivity contribution in [2.24, 2.45) is 5.92 Å². The van der Waals surface area contributed by atoms with Gasteiger partial charge in [-0.15, -0.1) is 0 Å². The molecule has 0 bridgehead atoms. The number of hydrogen-bond acceptors (Lipinski definition) is 4. The molecule has 1 aliphatic rings. The Morgan fingerprint density at radius 1 is 1.10 bits per heavy atom.